The van der Waals surface area contributed by atoms with E-state index in [0.29, 0.717) is 24.3 Å². The van der Waals surface area contributed by atoms with Crippen LogP contribution in [-0.4, -0.2) is 63.0 Å². The molecular weight excluding hydrogens is 334 g/mol. The van der Waals surface area contributed by atoms with Crippen molar-refractivity contribution >= 4 is 21.7 Å². The van der Waals surface area contributed by atoms with Crippen LogP contribution in [0.25, 0.3) is 0 Å². The van der Waals surface area contributed by atoms with Crippen molar-refractivity contribution in [3.05, 3.63) is 29.8 Å². The number of hydrogen-bond acceptors (Lipinski definition) is 6. The Morgan fingerprint density at radius 3 is 2.42 bits per heavy atom. The summed E-state index contributed by atoms with van der Waals surface area (Å²) >= 11 is 0. The quantitative estimate of drug-likeness (QED) is 0.704. The molecule has 8 heteroatoms. The normalized spacial score (nSPS) is 18.8. The number of hydrogen-bond donors (Lipinski definition) is 0. The van der Waals surface area contributed by atoms with Crippen molar-refractivity contribution in [1.82, 2.24) is 4.90 Å². The minimum atomic E-state index is -3.08. The van der Waals surface area contributed by atoms with Gasteiger partial charge in [-0.3, -0.25) is 4.79 Å². The minimum absolute atomic E-state index is 0.0288. The molecular formula is C16H21NO6S. The summed E-state index contributed by atoms with van der Waals surface area (Å²) in [5.74, 6) is -0.323. The molecule has 0 unspecified atom stereocenters. The molecule has 0 N–H and O–H groups in total. The molecule has 1 aliphatic rings. The number of nitrogens with zero attached hydrogens (tertiary/aromatic N) is 1. The third-order valence-corrected chi connectivity index (χ3v) is 5.71. The number of methoxy groups -OCH3 is 1. The zero-order chi connectivity index (χ0) is 17.7. The van der Waals surface area contributed by atoms with Crippen molar-refractivity contribution in [3.63, 3.8) is 0 Å². The third kappa shape index (κ3) is 4.47. The van der Waals surface area contributed by atoms with E-state index in [-0.39, 0.29) is 23.5 Å². The largest absolute Gasteiger partial charge is 0.497 e. The Hall–Kier alpha value is -2.09. The highest BCUT2D eigenvalue weighted by Gasteiger charge is 2.34. The highest BCUT2D eigenvalue weighted by atomic mass is 32.2. The molecule has 0 spiro atoms. The van der Waals surface area contributed by atoms with Crippen molar-refractivity contribution in [3.8, 4) is 5.75 Å². The van der Waals surface area contributed by atoms with Gasteiger partial charge in [-0.1, -0.05) is 0 Å². The van der Waals surface area contributed by atoms with Crippen LogP contribution in [0.2, 0.25) is 0 Å². The zero-order valence-electron chi connectivity index (χ0n) is 13.7. The van der Waals surface area contributed by atoms with E-state index in [9.17, 15) is 18.0 Å². The lowest BCUT2D eigenvalue weighted by atomic mass is 10.2. The SMILES string of the molecule is CCN(C(=O)COC(=O)c1ccc(OC)cc1)[C@@H]1CCS(=O)(=O)C1. The molecule has 1 aliphatic heterocycles. The predicted molar refractivity (Wildman–Crippen MR) is 87.7 cm³/mol. The van der Waals surface area contributed by atoms with Gasteiger partial charge in [0.15, 0.2) is 16.4 Å². The first kappa shape index (κ1) is 18.3. The number of ether oxygens (including phenoxy) is 2. The van der Waals surface area contributed by atoms with E-state index in [1.807, 2.05) is 0 Å². The van der Waals surface area contributed by atoms with Gasteiger partial charge in [-0.15, -0.1) is 0 Å². The number of carbonyl (C=O) groups excluding carboxylic acids is 2. The first-order valence-corrected chi connectivity index (χ1v) is 9.49. The lowest BCUT2D eigenvalue weighted by Crippen LogP contribution is -2.43. The second-order valence-corrected chi connectivity index (χ2v) is 7.77. The molecule has 0 saturated carbocycles. The molecule has 1 heterocycles. The number of amides is 1. The molecule has 1 amide bonds. The van der Waals surface area contributed by atoms with Crippen molar-refractivity contribution in [2.24, 2.45) is 0 Å². The second-order valence-electron chi connectivity index (χ2n) is 5.54. The Bertz CT molecular complexity index is 698. The van der Waals surface area contributed by atoms with Gasteiger partial charge >= 0.3 is 5.97 Å². The maximum Gasteiger partial charge on any atom is 0.338 e. The van der Waals surface area contributed by atoms with Crippen molar-refractivity contribution < 1.29 is 27.5 Å². The molecule has 1 fully saturated rings. The number of carbonyl (C=O) groups is 2. The van der Waals surface area contributed by atoms with E-state index in [4.69, 9.17) is 9.47 Å². The van der Waals surface area contributed by atoms with Crippen molar-refractivity contribution in [1.29, 1.82) is 0 Å². The van der Waals surface area contributed by atoms with Crippen molar-refractivity contribution in [2.45, 2.75) is 19.4 Å². The Kier molecular flexibility index (Phi) is 5.82. The van der Waals surface area contributed by atoms with E-state index >= 15 is 0 Å². The fourth-order valence-electron chi connectivity index (χ4n) is 2.68. The van der Waals surface area contributed by atoms with Crippen LogP contribution in [0.15, 0.2) is 24.3 Å². The number of benzene rings is 1. The molecule has 0 bridgehead atoms. The standard InChI is InChI=1S/C16H21NO6S/c1-3-17(13-8-9-24(20,21)11-13)15(18)10-23-16(19)12-4-6-14(22-2)7-5-12/h4-7,13H,3,8-11H2,1-2H3/t13-/m1/s1. The van der Waals surface area contributed by atoms with E-state index in [1.54, 1.807) is 31.2 Å². The van der Waals surface area contributed by atoms with E-state index in [0.717, 1.165) is 0 Å². The van der Waals surface area contributed by atoms with E-state index < -0.39 is 22.4 Å². The van der Waals surface area contributed by atoms with Crippen LogP contribution >= 0.6 is 0 Å². The summed E-state index contributed by atoms with van der Waals surface area (Å²) in [5, 5.41) is 0. The first-order chi connectivity index (χ1) is 11.4. The van der Waals surface area contributed by atoms with Crippen LogP contribution in [0, 0.1) is 0 Å². The molecule has 1 aromatic rings. The van der Waals surface area contributed by atoms with Gasteiger partial charge in [-0.25, -0.2) is 13.2 Å². The van der Waals surface area contributed by atoms with Gasteiger partial charge in [-0.2, -0.15) is 0 Å². The average Bonchev–Trinajstić information content (AvgIpc) is 2.93. The maximum atomic E-state index is 12.2. The summed E-state index contributed by atoms with van der Waals surface area (Å²) in [6.45, 7) is 1.74. The molecule has 1 atom stereocenters. The zero-order valence-corrected chi connectivity index (χ0v) is 14.5. The molecule has 0 aliphatic carbocycles. The molecule has 132 valence electrons. The number of likely N-dealkylation sites (N-methyl/N-ethyl adjacent to an activating group) is 1. The summed E-state index contributed by atoms with van der Waals surface area (Å²) in [6, 6.07) is 6.01. The summed E-state index contributed by atoms with van der Waals surface area (Å²) in [6.07, 6.45) is 0.425. The first-order valence-electron chi connectivity index (χ1n) is 7.67. The molecule has 0 radical (unpaired) electrons. The van der Waals surface area contributed by atoms with Crippen LogP contribution in [-0.2, 0) is 19.4 Å². The van der Waals surface area contributed by atoms with E-state index in [1.165, 1.54) is 12.0 Å². The molecule has 1 aromatic carbocycles. The van der Waals surface area contributed by atoms with Crippen LogP contribution in [0.5, 0.6) is 5.75 Å². The third-order valence-electron chi connectivity index (χ3n) is 3.96. The van der Waals surface area contributed by atoms with Crippen LogP contribution in [0.1, 0.15) is 23.7 Å². The van der Waals surface area contributed by atoms with Crippen molar-refractivity contribution in [2.75, 3.05) is 31.8 Å². The Labute approximate surface area is 141 Å². The lowest BCUT2D eigenvalue weighted by Gasteiger charge is -2.26. The Balaban J connectivity index is 1.92. The van der Waals surface area contributed by atoms with Gasteiger partial charge < -0.3 is 14.4 Å². The number of rotatable bonds is 6. The monoisotopic (exact) mass is 355 g/mol. The van der Waals surface area contributed by atoms with Gasteiger partial charge in [0, 0.05) is 12.6 Å². The Morgan fingerprint density at radius 1 is 1.25 bits per heavy atom. The Morgan fingerprint density at radius 2 is 1.92 bits per heavy atom. The smallest absolute Gasteiger partial charge is 0.338 e. The van der Waals surface area contributed by atoms with Crippen LogP contribution < -0.4 is 4.74 Å². The summed E-state index contributed by atoms with van der Waals surface area (Å²) in [7, 11) is -1.56. The molecule has 2 rings (SSSR count). The maximum absolute atomic E-state index is 12.2. The number of esters is 1. The average molecular weight is 355 g/mol. The lowest BCUT2D eigenvalue weighted by molar-refractivity contribution is -0.136. The summed E-state index contributed by atoms with van der Waals surface area (Å²) in [5.41, 5.74) is 0.315. The predicted octanol–water partition coefficient (Wildman–Crippen LogP) is 0.888. The molecule has 24 heavy (non-hydrogen) atoms. The fraction of sp³-hybridized carbons (Fsp3) is 0.500. The molecule has 0 aromatic heterocycles. The second kappa shape index (κ2) is 7.65. The van der Waals surface area contributed by atoms with Gasteiger partial charge in [0.25, 0.3) is 5.91 Å². The fourth-order valence-corrected chi connectivity index (χ4v) is 4.41. The van der Waals surface area contributed by atoms with Gasteiger partial charge in [0.1, 0.15) is 5.75 Å². The highest BCUT2D eigenvalue weighted by Crippen LogP contribution is 2.18. The molecule has 1 saturated heterocycles. The summed E-state index contributed by atoms with van der Waals surface area (Å²) in [4.78, 5) is 25.7. The topological polar surface area (TPSA) is 90.0 Å². The van der Waals surface area contributed by atoms with Gasteiger partial charge in [0.05, 0.1) is 24.2 Å². The van der Waals surface area contributed by atoms with Gasteiger partial charge in [-0.05, 0) is 37.6 Å². The van der Waals surface area contributed by atoms with Gasteiger partial charge in [0.2, 0.25) is 0 Å². The highest BCUT2D eigenvalue weighted by molar-refractivity contribution is 7.91. The molecule has 7 nitrogen and oxygen atoms in total. The minimum Gasteiger partial charge on any atom is -0.497 e. The van der Waals surface area contributed by atoms with Crippen LogP contribution in [0.3, 0.4) is 0 Å². The summed E-state index contributed by atoms with van der Waals surface area (Å²) < 4.78 is 33.1. The number of sulfone groups is 1. The van der Waals surface area contributed by atoms with Crippen LogP contribution in [0.4, 0.5) is 0 Å². The van der Waals surface area contributed by atoms with E-state index in [2.05, 4.69) is 0 Å².